The fourth-order valence-electron chi connectivity index (χ4n) is 2.35. The zero-order valence-electron chi connectivity index (χ0n) is 12.7. The Hall–Kier alpha value is -0.0800. The Morgan fingerprint density at radius 1 is 1.00 bits per heavy atom. The molecule has 0 radical (unpaired) electrons. The molecule has 0 spiro atoms. The molecule has 2 nitrogen and oxygen atoms in total. The van der Waals surface area contributed by atoms with Crippen LogP contribution in [0.15, 0.2) is 0 Å². The van der Waals surface area contributed by atoms with Gasteiger partial charge >= 0.3 is 0 Å². The fraction of sp³-hybridized carbons (Fsp3) is 1.00. The SMILES string of the molecule is CC(C)(C)CN1CCC(COC(C)(C)C)CC1. The average Bonchev–Trinajstić information content (AvgIpc) is 2.13. The molecule has 0 atom stereocenters. The molecule has 1 fully saturated rings. The van der Waals surface area contributed by atoms with E-state index in [9.17, 15) is 0 Å². The van der Waals surface area contributed by atoms with Gasteiger partial charge in [-0.25, -0.2) is 0 Å². The molecule has 0 unspecified atom stereocenters. The van der Waals surface area contributed by atoms with E-state index >= 15 is 0 Å². The second-order valence-electron chi connectivity index (χ2n) is 7.70. The van der Waals surface area contributed by atoms with Crippen molar-refractivity contribution in [2.75, 3.05) is 26.2 Å². The van der Waals surface area contributed by atoms with Crippen molar-refractivity contribution in [3.63, 3.8) is 0 Å². The smallest absolute Gasteiger partial charge is 0.0598 e. The van der Waals surface area contributed by atoms with Crippen LogP contribution in [0.4, 0.5) is 0 Å². The first-order chi connectivity index (χ1) is 7.66. The van der Waals surface area contributed by atoms with Gasteiger partial charge in [-0.05, 0) is 58.0 Å². The van der Waals surface area contributed by atoms with E-state index in [2.05, 4.69) is 46.4 Å². The summed E-state index contributed by atoms with van der Waals surface area (Å²) in [4.78, 5) is 2.60. The number of rotatable bonds is 3. The summed E-state index contributed by atoms with van der Waals surface area (Å²) < 4.78 is 5.89. The molecule has 1 saturated heterocycles. The maximum absolute atomic E-state index is 5.89. The summed E-state index contributed by atoms with van der Waals surface area (Å²) in [7, 11) is 0. The maximum atomic E-state index is 5.89. The van der Waals surface area contributed by atoms with Crippen LogP contribution in [-0.4, -0.2) is 36.7 Å². The van der Waals surface area contributed by atoms with Crippen molar-refractivity contribution in [1.82, 2.24) is 4.90 Å². The minimum atomic E-state index is 0.0164. The highest BCUT2D eigenvalue weighted by Gasteiger charge is 2.24. The Morgan fingerprint density at radius 2 is 1.53 bits per heavy atom. The van der Waals surface area contributed by atoms with Crippen LogP contribution in [0.5, 0.6) is 0 Å². The fourth-order valence-corrected chi connectivity index (χ4v) is 2.35. The molecule has 1 rings (SSSR count). The van der Waals surface area contributed by atoms with Gasteiger partial charge in [-0.2, -0.15) is 0 Å². The molecular formula is C15H31NO. The summed E-state index contributed by atoms with van der Waals surface area (Å²) >= 11 is 0. The number of hydrogen-bond acceptors (Lipinski definition) is 2. The first kappa shape index (κ1) is 15.0. The summed E-state index contributed by atoms with van der Waals surface area (Å²) in [6.45, 7) is 18.0. The molecule has 2 heteroatoms. The van der Waals surface area contributed by atoms with Crippen molar-refractivity contribution in [3.8, 4) is 0 Å². The van der Waals surface area contributed by atoms with E-state index in [1.165, 1.54) is 32.5 Å². The Kier molecular flexibility index (Phi) is 5.03. The molecule has 0 bridgehead atoms. The molecule has 0 aromatic rings. The molecule has 0 saturated carbocycles. The third kappa shape index (κ3) is 7.05. The Labute approximate surface area is 108 Å². The second-order valence-corrected chi connectivity index (χ2v) is 7.70. The van der Waals surface area contributed by atoms with Crippen LogP contribution in [0, 0.1) is 11.3 Å². The number of piperidine rings is 1. The van der Waals surface area contributed by atoms with Gasteiger partial charge in [0.25, 0.3) is 0 Å². The van der Waals surface area contributed by atoms with E-state index in [4.69, 9.17) is 4.74 Å². The van der Waals surface area contributed by atoms with Gasteiger partial charge in [0.1, 0.15) is 0 Å². The molecule has 102 valence electrons. The van der Waals surface area contributed by atoms with Crippen molar-refractivity contribution in [3.05, 3.63) is 0 Å². The summed E-state index contributed by atoms with van der Waals surface area (Å²) in [5.74, 6) is 0.769. The van der Waals surface area contributed by atoms with E-state index in [0.717, 1.165) is 12.5 Å². The van der Waals surface area contributed by atoms with E-state index in [1.807, 2.05) is 0 Å². The normalized spacial score (nSPS) is 20.8. The van der Waals surface area contributed by atoms with E-state index in [1.54, 1.807) is 0 Å². The largest absolute Gasteiger partial charge is 0.376 e. The molecule has 17 heavy (non-hydrogen) atoms. The van der Waals surface area contributed by atoms with Gasteiger partial charge in [0.15, 0.2) is 0 Å². The van der Waals surface area contributed by atoms with Crippen molar-refractivity contribution in [1.29, 1.82) is 0 Å². The Morgan fingerprint density at radius 3 is 1.94 bits per heavy atom. The number of likely N-dealkylation sites (tertiary alicyclic amines) is 1. The summed E-state index contributed by atoms with van der Waals surface area (Å²) in [5, 5.41) is 0. The average molecular weight is 241 g/mol. The van der Waals surface area contributed by atoms with Gasteiger partial charge in [0.05, 0.1) is 12.2 Å². The maximum Gasteiger partial charge on any atom is 0.0598 e. The van der Waals surface area contributed by atoms with E-state index in [-0.39, 0.29) is 5.60 Å². The highest BCUT2D eigenvalue weighted by molar-refractivity contribution is 4.76. The van der Waals surface area contributed by atoms with Crippen LogP contribution < -0.4 is 0 Å². The zero-order valence-corrected chi connectivity index (χ0v) is 12.7. The molecular weight excluding hydrogens is 210 g/mol. The van der Waals surface area contributed by atoms with Crippen molar-refractivity contribution in [2.45, 2.75) is 60.0 Å². The molecule has 1 aliphatic heterocycles. The summed E-state index contributed by atoms with van der Waals surface area (Å²) in [6.07, 6.45) is 2.60. The highest BCUT2D eigenvalue weighted by Crippen LogP contribution is 2.23. The van der Waals surface area contributed by atoms with Crippen LogP contribution in [-0.2, 0) is 4.74 Å². The number of hydrogen-bond donors (Lipinski definition) is 0. The van der Waals surface area contributed by atoms with E-state index in [0.29, 0.717) is 5.41 Å². The lowest BCUT2D eigenvalue weighted by Gasteiger charge is -2.36. The monoisotopic (exact) mass is 241 g/mol. The summed E-state index contributed by atoms with van der Waals surface area (Å²) in [5.41, 5.74) is 0.442. The predicted octanol–water partition coefficient (Wildman–Crippen LogP) is 3.56. The third-order valence-corrected chi connectivity index (χ3v) is 3.16. The lowest BCUT2D eigenvalue weighted by molar-refractivity contribution is -0.0337. The van der Waals surface area contributed by atoms with Crippen LogP contribution in [0.1, 0.15) is 54.4 Å². The van der Waals surface area contributed by atoms with E-state index < -0.39 is 0 Å². The highest BCUT2D eigenvalue weighted by atomic mass is 16.5. The zero-order chi connectivity index (χ0) is 13.1. The number of nitrogens with zero attached hydrogens (tertiary/aromatic N) is 1. The third-order valence-electron chi connectivity index (χ3n) is 3.16. The van der Waals surface area contributed by atoms with Crippen LogP contribution >= 0.6 is 0 Å². The van der Waals surface area contributed by atoms with Gasteiger partial charge in [-0.15, -0.1) is 0 Å². The quantitative estimate of drug-likeness (QED) is 0.749. The number of ether oxygens (including phenoxy) is 1. The van der Waals surface area contributed by atoms with Crippen molar-refractivity contribution < 1.29 is 4.74 Å². The molecule has 0 aromatic carbocycles. The molecule has 0 aliphatic carbocycles. The Bertz CT molecular complexity index is 216. The van der Waals surface area contributed by atoms with Crippen LogP contribution in [0.25, 0.3) is 0 Å². The topological polar surface area (TPSA) is 12.5 Å². The molecule has 1 heterocycles. The van der Waals surface area contributed by atoms with Crippen molar-refractivity contribution in [2.24, 2.45) is 11.3 Å². The van der Waals surface area contributed by atoms with Gasteiger partial charge in [-0.1, -0.05) is 20.8 Å². The molecule has 0 aromatic heterocycles. The lowest BCUT2D eigenvalue weighted by atomic mass is 9.92. The minimum Gasteiger partial charge on any atom is -0.376 e. The standard InChI is InChI=1S/C15H31NO/c1-14(2,3)12-16-9-7-13(8-10-16)11-17-15(4,5)6/h13H,7-12H2,1-6H3. The van der Waals surface area contributed by atoms with Gasteiger partial charge in [0, 0.05) is 6.54 Å². The van der Waals surface area contributed by atoms with Gasteiger partial charge in [0.2, 0.25) is 0 Å². The van der Waals surface area contributed by atoms with Gasteiger partial charge < -0.3 is 9.64 Å². The lowest BCUT2D eigenvalue weighted by Crippen LogP contribution is -2.40. The predicted molar refractivity (Wildman–Crippen MR) is 74.3 cm³/mol. The van der Waals surface area contributed by atoms with Crippen LogP contribution in [0.2, 0.25) is 0 Å². The Balaban J connectivity index is 2.22. The first-order valence-electron chi connectivity index (χ1n) is 7.02. The van der Waals surface area contributed by atoms with Crippen LogP contribution in [0.3, 0.4) is 0 Å². The molecule has 0 amide bonds. The first-order valence-corrected chi connectivity index (χ1v) is 7.02. The van der Waals surface area contributed by atoms with Crippen molar-refractivity contribution >= 4 is 0 Å². The summed E-state index contributed by atoms with van der Waals surface area (Å²) in [6, 6.07) is 0. The van der Waals surface area contributed by atoms with Gasteiger partial charge in [-0.3, -0.25) is 0 Å². The molecule has 1 aliphatic rings. The second kappa shape index (κ2) is 5.71. The minimum absolute atomic E-state index is 0.0164. The molecule has 0 N–H and O–H groups in total.